The van der Waals surface area contributed by atoms with Gasteiger partial charge in [-0.25, -0.2) is 35.1 Å². The van der Waals surface area contributed by atoms with E-state index in [2.05, 4.69) is 20.8 Å². The number of rotatable bonds is 4. The van der Waals surface area contributed by atoms with Gasteiger partial charge in [-0.1, -0.05) is 46.5 Å². The first kappa shape index (κ1) is 22.2. The molecule has 2 aromatic rings. The molecular formula is C18H18F8. The summed E-state index contributed by atoms with van der Waals surface area (Å²) in [5.74, 6) is -18.3. The van der Waals surface area contributed by atoms with E-state index in [1.807, 2.05) is 0 Å². The Balaban J connectivity index is 0.000000359. The first-order valence-corrected chi connectivity index (χ1v) is 8.03. The van der Waals surface area contributed by atoms with Gasteiger partial charge in [-0.3, -0.25) is 0 Å². The van der Waals surface area contributed by atoms with Gasteiger partial charge in [0.15, 0.2) is 46.5 Å². The van der Waals surface area contributed by atoms with E-state index in [1.165, 1.54) is 25.7 Å². The first-order valence-electron chi connectivity index (χ1n) is 8.03. The molecule has 0 atom stereocenters. The Bertz CT molecular complexity index is 670. The standard InChI is InChI=1S/C10F8.C8H18/c11-3-1-2(5(13)9(17)7(3)15)6(14)10(18)8(16)4(1)12;1-4-5-6-7-8(2)3/h;8H,4-7H2,1-3H3. The molecule has 0 unspecified atom stereocenters. The zero-order valence-corrected chi connectivity index (χ0v) is 14.4. The topological polar surface area (TPSA) is 0 Å². The molecule has 0 spiro atoms. The lowest BCUT2D eigenvalue weighted by molar-refractivity contribution is 0.395. The fraction of sp³-hybridized carbons (Fsp3) is 0.444. The molecule has 0 aliphatic heterocycles. The molecule has 0 aromatic heterocycles. The third-order valence-corrected chi connectivity index (χ3v) is 3.67. The molecule has 0 N–H and O–H groups in total. The predicted molar refractivity (Wildman–Crippen MR) is 82.6 cm³/mol. The van der Waals surface area contributed by atoms with Crippen LogP contribution in [0.1, 0.15) is 46.5 Å². The SMILES string of the molecule is CCCCCC(C)C.Fc1c(F)c(F)c2c(F)c(F)c(F)c(F)c2c1F. The molecule has 0 bridgehead atoms. The highest BCUT2D eigenvalue weighted by Gasteiger charge is 2.30. The Morgan fingerprint density at radius 3 is 1.08 bits per heavy atom. The molecule has 0 radical (unpaired) electrons. The monoisotopic (exact) mass is 386 g/mol. The molecule has 146 valence electrons. The van der Waals surface area contributed by atoms with Gasteiger partial charge in [-0.2, -0.15) is 0 Å². The van der Waals surface area contributed by atoms with E-state index in [0.717, 1.165) is 5.92 Å². The van der Waals surface area contributed by atoms with E-state index < -0.39 is 57.3 Å². The van der Waals surface area contributed by atoms with Gasteiger partial charge in [-0.05, 0) is 5.92 Å². The number of halogens is 8. The first-order chi connectivity index (χ1) is 12.1. The maximum Gasteiger partial charge on any atom is 0.198 e. The van der Waals surface area contributed by atoms with Crippen molar-refractivity contribution in [1.82, 2.24) is 0 Å². The summed E-state index contributed by atoms with van der Waals surface area (Å²) in [6, 6.07) is 0. The van der Waals surface area contributed by atoms with Crippen molar-refractivity contribution >= 4 is 10.8 Å². The highest BCUT2D eigenvalue weighted by Crippen LogP contribution is 2.33. The summed E-state index contributed by atoms with van der Waals surface area (Å²) < 4.78 is 104. The molecule has 0 amide bonds. The lowest BCUT2D eigenvalue weighted by Gasteiger charge is -2.08. The van der Waals surface area contributed by atoms with Crippen LogP contribution in [-0.4, -0.2) is 0 Å². The summed E-state index contributed by atoms with van der Waals surface area (Å²) in [5, 5.41) is -3.66. The van der Waals surface area contributed by atoms with Gasteiger partial charge in [0.2, 0.25) is 0 Å². The predicted octanol–water partition coefficient (Wildman–Crippen LogP) is 7.18. The summed E-state index contributed by atoms with van der Waals surface area (Å²) >= 11 is 0. The van der Waals surface area contributed by atoms with E-state index in [4.69, 9.17) is 0 Å². The zero-order chi connectivity index (χ0) is 20.2. The van der Waals surface area contributed by atoms with Crippen molar-refractivity contribution in [2.45, 2.75) is 46.5 Å². The van der Waals surface area contributed by atoms with E-state index in [0.29, 0.717) is 0 Å². The summed E-state index contributed by atoms with van der Waals surface area (Å²) in [6.45, 7) is 6.83. The third kappa shape index (κ3) is 4.45. The van der Waals surface area contributed by atoms with Gasteiger partial charge < -0.3 is 0 Å². The minimum atomic E-state index is -2.45. The molecule has 0 nitrogen and oxygen atoms in total. The van der Waals surface area contributed by atoms with Crippen molar-refractivity contribution in [3.8, 4) is 0 Å². The van der Waals surface area contributed by atoms with E-state index in [-0.39, 0.29) is 0 Å². The van der Waals surface area contributed by atoms with Crippen LogP contribution < -0.4 is 0 Å². The van der Waals surface area contributed by atoms with Crippen molar-refractivity contribution in [2.75, 3.05) is 0 Å². The van der Waals surface area contributed by atoms with Crippen molar-refractivity contribution in [2.24, 2.45) is 5.92 Å². The van der Waals surface area contributed by atoms with E-state index in [9.17, 15) is 35.1 Å². The number of unbranched alkanes of at least 4 members (excludes halogenated alkanes) is 2. The molecule has 0 fully saturated rings. The minimum Gasteiger partial charge on any atom is -0.203 e. The number of hydrogen-bond acceptors (Lipinski definition) is 0. The fourth-order valence-electron chi connectivity index (χ4n) is 2.26. The average Bonchev–Trinajstić information content (AvgIpc) is 2.59. The Morgan fingerprint density at radius 1 is 0.538 bits per heavy atom. The molecule has 0 aliphatic carbocycles. The Morgan fingerprint density at radius 2 is 0.846 bits per heavy atom. The zero-order valence-electron chi connectivity index (χ0n) is 14.4. The van der Waals surface area contributed by atoms with Gasteiger partial charge in [0.05, 0.1) is 10.8 Å². The van der Waals surface area contributed by atoms with Crippen molar-refractivity contribution < 1.29 is 35.1 Å². The molecule has 2 aromatic carbocycles. The van der Waals surface area contributed by atoms with Crippen LogP contribution in [0.5, 0.6) is 0 Å². The number of hydrogen-bond donors (Lipinski definition) is 0. The number of benzene rings is 2. The summed E-state index contributed by atoms with van der Waals surface area (Å²) in [5.41, 5.74) is 0. The summed E-state index contributed by atoms with van der Waals surface area (Å²) in [6.07, 6.45) is 5.60. The maximum atomic E-state index is 13.1. The van der Waals surface area contributed by atoms with Crippen LogP contribution >= 0.6 is 0 Å². The summed E-state index contributed by atoms with van der Waals surface area (Å²) in [4.78, 5) is 0. The Kier molecular flexibility index (Phi) is 7.84. The highest BCUT2D eigenvalue weighted by molar-refractivity contribution is 5.85. The van der Waals surface area contributed by atoms with Gasteiger partial charge in [-0.15, -0.1) is 0 Å². The van der Waals surface area contributed by atoms with Crippen molar-refractivity contribution in [1.29, 1.82) is 0 Å². The largest absolute Gasteiger partial charge is 0.203 e. The van der Waals surface area contributed by atoms with Gasteiger partial charge >= 0.3 is 0 Å². The van der Waals surface area contributed by atoms with E-state index in [1.54, 1.807) is 0 Å². The molecule has 0 saturated heterocycles. The van der Waals surface area contributed by atoms with E-state index >= 15 is 0 Å². The van der Waals surface area contributed by atoms with Crippen molar-refractivity contribution in [3.63, 3.8) is 0 Å². The molecule has 0 aliphatic rings. The molecule has 0 heterocycles. The molecular weight excluding hydrogens is 368 g/mol. The Hall–Kier alpha value is -1.86. The fourth-order valence-corrected chi connectivity index (χ4v) is 2.26. The normalized spacial score (nSPS) is 11.1. The quantitative estimate of drug-likeness (QED) is 0.226. The smallest absolute Gasteiger partial charge is 0.198 e. The lowest BCUT2D eigenvalue weighted by Crippen LogP contribution is -2.06. The van der Waals surface area contributed by atoms with Gasteiger partial charge in [0.25, 0.3) is 0 Å². The second-order valence-corrected chi connectivity index (χ2v) is 6.15. The average molecular weight is 386 g/mol. The van der Waals surface area contributed by atoms with Crippen LogP contribution in [0.15, 0.2) is 0 Å². The van der Waals surface area contributed by atoms with Crippen LogP contribution in [0.4, 0.5) is 35.1 Å². The van der Waals surface area contributed by atoms with Gasteiger partial charge in [0.1, 0.15) is 0 Å². The highest BCUT2D eigenvalue weighted by atomic mass is 19.2. The molecule has 8 heteroatoms. The van der Waals surface area contributed by atoms with Crippen LogP contribution in [-0.2, 0) is 0 Å². The van der Waals surface area contributed by atoms with Crippen LogP contribution in [0, 0.1) is 52.5 Å². The van der Waals surface area contributed by atoms with Crippen molar-refractivity contribution in [3.05, 3.63) is 46.5 Å². The van der Waals surface area contributed by atoms with Crippen LogP contribution in [0.2, 0.25) is 0 Å². The van der Waals surface area contributed by atoms with Crippen LogP contribution in [0.3, 0.4) is 0 Å². The minimum absolute atomic E-state index is 0.904. The molecule has 0 saturated carbocycles. The Labute approximate surface area is 145 Å². The molecule has 2 rings (SSSR count). The second kappa shape index (κ2) is 9.19. The number of fused-ring (bicyclic) bond motifs is 1. The lowest BCUT2D eigenvalue weighted by atomic mass is 10.1. The van der Waals surface area contributed by atoms with Crippen LogP contribution in [0.25, 0.3) is 10.8 Å². The summed E-state index contributed by atoms with van der Waals surface area (Å²) in [7, 11) is 0. The second-order valence-electron chi connectivity index (χ2n) is 6.15. The molecule has 26 heavy (non-hydrogen) atoms. The van der Waals surface area contributed by atoms with Gasteiger partial charge in [0, 0.05) is 0 Å². The third-order valence-electron chi connectivity index (χ3n) is 3.67. The maximum absolute atomic E-state index is 13.1.